The van der Waals surface area contributed by atoms with E-state index in [4.69, 9.17) is 16.1 Å². The van der Waals surface area contributed by atoms with Crippen LogP contribution in [0.4, 0.5) is 0 Å². The monoisotopic (exact) mass is 353 g/mol. The number of amides is 1. The Morgan fingerprint density at radius 1 is 1.26 bits per heavy atom. The zero-order valence-corrected chi connectivity index (χ0v) is 13.9. The van der Waals surface area contributed by atoms with Crippen molar-refractivity contribution in [3.63, 3.8) is 0 Å². The molecule has 2 fully saturated rings. The number of hydrogen-bond donors (Lipinski definition) is 1. The van der Waals surface area contributed by atoms with Gasteiger partial charge in [0, 0.05) is 42.8 Å². The van der Waals surface area contributed by atoms with Gasteiger partial charge >= 0.3 is 0 Å². The number of nitrogens with zero attached hydrogens (tertiary/aromatic N) is 2. The van der Waals surface area contributed by atoms with Crippen LogP contribution < -0.4 is 5.32 Å². The Hall–Kier alpha value is -1.56. The molecule has 0 radical (unpaired) electrons. The van der Waals surface area contributed by atoms with E-state index in [1.54, 1.807) is 18.2 Å². The maximum Gasteiger partial charge on any atom is 0.276 e. The fraction of sp³-hybridized carbons (Fsp3) is 0.375. The third-order valence-electron chi connectivity index (χ3n) is 4.52. The Kier molecular flexibility index (Phi) is 4.62. The molecule has 2 aromatic rings. The molecule has 5 nitrogen and oxygen atoms in total. The first-order valence-corrected chi connectivity index (χ1v) is 7.81. The molecule has 0 aliphatic carbocycles. The van der Waals surface area contributed by atoms with Crippen molar-refractivity contribution in [2.75, 3.05) is 26.2 Å². The SMILES string of the molecule is Cl.O=C(c1cc(-c2cccc(Cl)c2)on1)N1C[C@H]2CNC[C@H]2C1. The summed E-state index contributed by atoms with van der Waals surface area (Å²) in [6, 6.07) is 9.01. The van der Waals surface area contributed by atoms with E-state index in [1.807, 2.05) is 17.0 Å². The number of aromatic nitrogens is 1. The van der Waals surface area contributed by atoms with E-state index in [9.17, 15) is 4.79 Å². The van der Waals surface area contributed by atoms with E-state index in [-0.39, 0.29) is 18.3 Å². The summed E-state index contributed by atoms with van der Waals surface area (Å²) in [7, 11) is 0. The van der Waals surface area contributed by atoms with E-state index in [0.29, 0.717) is 28.3 Å². The second-order valence-electron chi connectivity index (χ2n) is 5.98. The number of hydrogen-bond acceptors (Lipinski definition) is 4. The van der Waals surface area contributed by atoms with Crippen LogP contribution >= 0.6 is 24.0 Å². The largest absolute Gasteiger partial charge is 0.355 e. The number of nitrogens with one attached hydrogen (secondary N) is 1. The molecule has 2 aliphatic heterocycles. The second kappa shape index (κ2) is 6.51. The van der Waals surface area contributed by atoms with E-state index in [0.717, 1.165) is 31.7 Å². The van der Waals surface area contributed by atoms with Gasteiger partial charge in [-0.1, -0.05) is 28.9 Å². The standard InChI is InChI=1S/C16H16ClN3O2.ClH/c17-13-3-1-2-10(4-13)15-5-14(19-22-15)16(21)20-8-11-6-18-7-12(11)9-20;/h1-5,11-12,18H,6-9H2;1H/t11-,12+;. The molecule has 1 aromatic carbocycles. The number of rotatable bonds is 2. The van der Waals surface area contributed by atoms with Gasteiger partial charge in [0.15, 0.2) is 11.5 Å². The number of halogens is 2. The number of carbonyl (C=O) groups is 1. The highest BCUT2D eigenvalue weighted by molar-refractivity contribution is 6.30. The lowest BCUT2D eigenvalue weighted by atomic mass is 10.0. The third-order valence-corrected chi connectivity index (χ3v) is 4.75. The normalized spacial score (nSPS) is 22.7. The Morgan fingerprint density at radius 3 is 2.70 bits per heavy atom. The lowest BCUT2D eigenvalue weighted by molar-refractivity contribution is 0.0771. The predicted molar refractivity (Wildman–Crippen MR) is 90.0 cm³/mol. The van der Waals surface area contributed by atoms with Crippen LogP contribution in [0.15, 0.2) is 34.9 Å². The quantitative estimate of drug-likeness (QED) is 0.901. The number of benzene rings is 1. The first-order valence-electron chi connectivity index (χ1n) is 7.43. The summed E-state index contributed by atoms with van der Waals surface area (Å²) < 4.78 is 5.31. The Morgan fingerprint density at radius 2 is 2.00 bits per heavy atom. The van der Waals surface area contributed by atoms with Crippen molar-refractivity contribution in [2.45, 2.75) is 0 Å². The number of likely N-dealkylation sites (tertiary alicyclic amines) is 1. The van der Waals surface area contributed by atoms with Gasteiger partial charge < -0.3 is 14.7 Å². The molecular formula is C16H17Cl2N3O2. The minimum Gasteiger partial charge on any atom is -0.355 e. The molecule has 1 aromatic heterocycles. The number of fused-ring (bicyclic) bond motifs is 1. The van der Waals surface area contributed by atoms with Gasteiger partial charge in [-0.25, -0.2) is 0 Å². The highest BCUT2D eigenvalue weighted by Crippen LogP contribution is 2.28. The summed E-state index contributed by atoms with van der Waals surface area (Å²) in [4.78, 5) is 14.4. The molecule has 0 saturated carbocycles. The molecular weight excluding hydrogens is 337 g/mol. The molecule has 1 N–H and O–H groups in total. The fourth-order valence-electron chi connectivity index (χ4n) is 3.34. The summed E-state index contributed by atoms with van der Waals surface area (Å²) in [6.45, 7) is 3.60. The van der Waals surface area contributed by atoms with Crippen molar-refractivity contribution >= 4 is 29.9 Å². The summed E-state index contributed by atoms with van der Waals surface area (Å²) in [5, 5.41) is 7.93. The summed E-state index contributed by atoms with van der Waals surface area (Å²) in [5.74, 6) is 1.66. The molecule has 7 heteroatoms. The maximum absolute atomic E-state index is 12.5. The molecule has 122 valence electrons. The van der Waals surface area contributed by atoms with Crippen LogP contribution in [0.1, 0.15) is 10.5 Å². The molecule has 0 unspecified atom stereocenters. The molecule has 23 heavy (non-hydrogen) atoms. The van der Waals surface area contributed by atoms with Gasteiger partial charge in [0.2, 0.25) is 0 Å². The zero-order valence-electron chi connectivity index (χ0n) is 12.4. The van der Waals surface area contributed by atoms with Crippen molar-refractivity contribution in [3.05, 3.63) is 41.0 Å². The molecule has 0 bridgehead atoms. The van der Waals surface area contributed by atoms with Gasteiger partial charge in [-0.15, -0.1) is 12.4 Å². The van der Waals surface area contributed by atoms with E-state index in [1.165, 1.54) is 0 Å². The minimum atomic E-state index is -0.0496. The first-order chi connectivity index (χ1) is 10.7. The molecule has 2 saturated heterocycles. The summed E-state index contributed by atoms with van der Waals surface area (Å²) >= 11 is 5.98. The van der Waals surface area contributed by atoms with Crippen LogP contribution in [0.3, 0.4) is 0 Å². The van der Waals surface area contributed by atoms with Crippen molar-refractivity contribution in [1.82, 2.24) is 15.4 Å². The number of carbonyl (C=O) groups excluding carboxylic acids is 1. The highest BCUT2D eigenvalue weighted by atomic mass is 35.5. The molecule has 2 aliphatic rings. The molecule has 4 rings (SSSR count). The zero-order chi connectivity index (χ0) is 15.1. The topological polar surface area (TPSA) is 58.4 Å². The van der Waals surface area contributed by atoms with Crippen molar-refractivity contribution < 1.29 is 9.32 Å². The molecule has 3 heterocycles. The van der Waals surface area contributed by atoms with Gasteiger partial charge in [0.05, 0.1) is 0 Å². The van der Waals surface area contributed by atoms with E-state index >= 15 is 0 Å². The fourth-order valence-corrected chi connectivity index (χ4v) is 3.53. The first kappa shape index (κ1) is 16.3. The van der Waals surface area contributed by atoms with E-state index in [2.05, 4.69) is 10.5 Å². The van der Waals surface area contributed by atoms with Crippen molar-refractivity contribution in [3.8, 4) is 11.3 Å². The Balaban J connectivity index is 0.00000156. The molecule has 0 spiro atoms. The van der Waals surface area contributed by atoms with Gasteiger partial charge in [-0.05, 0) is 24.0 Å². The molecule has 1 amide bonds. The van der Waals surface area contributed by atoms with Gasteiger partial charge in [-0.2, -0.15) is 0 Å². The van der Waals surface area contributed by atoms with Gasteiger partial charge in [0.1, 0.15) is 0 Å². The van der Waals surface area contributed by atoms with Crippen LogP contribution in [-0.4, -0.2) is 42.1 Å². The lowest BCUT2D eigenvalue weighted by Crippen LogP contribution is -2.32. The van der Waals surface area contributed by atoms with Crippen LogP contribution in [0, 0.1) is 11.8 Å². The molecule has 2 atom stereocenters. The minimum absolute atomic E-state index is 0. The maximum atomic E-state index is 12.5. The highest BCUT2D eigenvalue weighted by Gasteiger charge is 2.38. The summed E-state index contributed by atoms with van der Waals surface area (Å²) in [6.07, 6.45) is 0. The van der Waals surface area contributed by atoms with Crippen LogP contribution in [0.5, 0.6) is 0 Å². The van der Waals surface area contributed by atoms with E-state index < -0.39 is 0 Å². The van der Waals surface area contributed by atoms with Crippen molar-refractivity contribution in [1.29, 1.82) is 0 Å². The smallest absolute Gasteiger partial charge is 0.276 e. The predicted octanol–water partition coefficient (Wildman–Crippen LogP) is 2.71. The van der Waals surface area contributed by atoms with Crippen LogP contribution in [-0.2, 0) is 0 Å². The average Bonchev–Trinajstić information content (AvgIpc) is 3.22. The third kappa shape index (κ3) is 3.09. The van der Waals surface area contributed by atoms with Gasteiger partial charge in [-0.3, -0.25) is 4.79 Å². The summed E-state index contributed by atoms with van der Waals surface area (Å²) in [5.41, 5.74) is 1.18. The van der Waals surface area contributed by atoms with Crippen molar-refractivity contribution in [2.24, 2.45) is 11.8 Å². The van der Waals surface area contributed by atoms with Gasteiger partial charge in [0.25, 0.3) is 5.91 Å². The Bertz CT molecular complexity index is 707. The Labute approximate surface area is 145 Å². The lowest BCUT2D eigenvalue weighted by Gasteiger charge is -2.15. The average molecular weight is 354 g/mol. The van der Waals surface area contributed by atoms with Crippen LogP contribution in [0.25, 0.3) is 11.3 Å². The second-order valence-corrected chi connectivity index (χ2v) is 6.41. The van der Waals surface area contributed by atoms with Crippen LogP contribution in [0.2, 0.25) is 5.02 Å².